The monoisotopic (exact) mass is 437 g/mol. The van der Waals surface area contributed by atoms with E-state index in [4.69, 9.17) is 21.1 Å². The Kier molecular flexibility index (Phi) is 4.99. The number of amides is 1. The van der Waals surface area contributed by atoms with Crippen molar-refractivity contribution >= 4 is 29.1 Å². The molecule has 3 heterocycles. The highest BCUT2D eigenvalue weighted by Crippen LogP contribution is 2.39. The average Bonchev–Trinajstić information content (AvgIpc) is 3.09. The predicted octanol–water partition coefficient (Wildman–Crippen LogP) is 4.02. The second-order valence-electron chi connectivity index (χ2n) is 7.31. The number of carbonyl (C=O) groups is 1. The molecule has 9 heteroatoms. The van der Waals surface area contributed by atoms with Gasteiger partial charge in [-0.15, -0.1) is 0 Å². The van der Waals surface area contributed by atoms with Crippen LogP contribution in [0.25, 0.3) is 0 Å². The van der Waals surface area contributed by atoms with Gasteiger partial charge in [0.05, 0.1) is 18.8 Å². The van der Waals surface area contributed by atoms with Gasteiger partial charge < -0.3 is 20.1 Å². The highest BCUT2D eigenvalue weighted by atomic mass is 35.5. The molecule has 2 aliphatic heterocycles. The molecule has 5 rings (SSSR count). The summed E-state index contributed by atoms with van der Waals surface area (Å²) in [5.41, 5.74) is 2.72. The van der Waals surface area contributed by atoms with Gasteiger partial charge in [0.1, 0.15) is 12.4 Å². The number of nitrogens with zero attached hydrogens (tertiary/aromatic N) is 3. The number of anilines is 2. The van der Waals surface area contributed by atoms with Gasteiger partial charge in [-0.05, 0) is 48.9 Å². The molecule has 2 aliphatic rings. The molecule has 1 aromatic heterocycles. The van der Waals surface area contributed by atoms with Crippen LogP contribution in [-0.4, -0.2) is 33.9 Å². The zero-order valence-corrected chi connectivity index (χ0v) is 17.5. The van der Waals surface area contributed by atoms with E-state index in [-0.39, 0.29) is 5.91 Å². The van der Waals surface area contributed by atoms with Gasteiger partial charge in [-0.2, -0.15) is 10.1 Å². The smallest absolute Gasteiger partial charge is 0.255 e. The fourth-order valence-corrected chi connectivity index (χ4v) is 3.90. The van der Waals surface area contributed by atoms with Crippen molar-refractivity contribution in [2.45, 2.75) is 19.4 Å². The summed E-state index contributed by atoms with van der Waals surface area (Å²) >= 11 is 5.96. The maximum atomic E-state index is 13.4. The Morgan fingerprint density at radius 1 is 1.16 bits per heavy atom. The molecule has 8 nitrogen and oxygen atoms in total. The maximum absolute atomic E-state index is 13.4. The highest BCUT2D eigenvalue weighted by molar-refractivity contribution is 6.30. The van der Waals surface area contributed by atoms with Gasteiger partial charge in [-0.3, -0.25) is 4.79 Å². The first-order valence-corrected chi connectivity index (χ1v) is 10.3. The third-order valence-corrected chi connectivity index (χ3v) is 5.48. The maximum Gasteiger partial charge on any atom is 0.255 e. The predicted molar refractivity (Wildman–Crippen MR) is 117 cm³/mol. The molecule has 1 unspecified atom stereocenters. The van der Waals surface area contributed by atoms with Gasteiger partial charge in [-0.1, -0.05) is 17.7 Å². The van der Waals surface area contributed by atoms with E-state index in [9.17, 15) is 4.79 Å². The van der Waals surface area contributed by atoms with Gasteiger partial charge in [-0.25, -0.2) is 4.68 Å². The third-order valence-electron chi connectivity index (χ3n) is 5.23. The molecule has 0 radical (unpaired) electrons. The summed E-state index contributed by atoms with van der Waals surface area (Å²) in [7, 11) is 0. The summed E-state index contributed by atoms with van der Waals surface area (Å²) in [5.74, 6) is 1.68. The lowest BCUT2D eigenvalue weighted by molar-refractivity contribution is -0.113. The number of halogens is 1. The van der Waals surface area contributed by atoms with Crippen molar-refractivity contribution in [3.8, 4) is 11.5 Å². The summed E-state index contributed by atoms with van der Waals surface area (Å²) in [6.45, 7) is 3.04. The summed E-state index contributed by atoms with van der Waals surface area (Å²) < 4.78 is 13.3. The first-order valence-electron chi connectivity index (χ1n) is 9.94. The topological polar surface area (TPSA) is 90.3 Å². The van der Waals surface area contributed by atoms with Crippen LogP contribution in [0.5, 0.6) is 11.5 Å². The standard InChI is InChI=1S/C22H20ClN5O3/c1-13-19(21(29)27-16-6-4-15(23)5-7-16)20(28-22(26-13)24-12-25-28)14-3-8-17-18(11-14)31-10-2-9-30-17/h3-8,11-12,20H,2,9-10H2,1H3,(H,27,29)(H,24,25,26). The Morgan fingerprint density at radius 2 is 1.94 bits per heavy atom. The van der Waals surface area contributed by atoms with E-state index >= 15 is 0 Å². The van der Waals surface area contributed by atoms with Crippen LogP contribution in [0.3, 0.4) is 0 Å². The molecule has 31 heavy (non-hydrogen) atoms. The van der Waals surface area contributed by atoms with Crippen LogP contribution in [0, 0.1) is 0 Å². The molecular formula is C22H20ClN5O3. The number of rotatable bonds is 3. The summed E-state index contributed by atoms with van der Waals surface area (Å²) in [5, 5.41) is 11.1. The van der Waals surface area contributed by atoms with E-state index in [1.807, 2.05) is 25.1 Å². The van der Waals surface area contributed by atoms with Crippen molar-refractivity contribution < 1.29 is 14.3 Å². The van der Waals surface area contributed by atoms with Crippen molar-refractivity contribution in [2.24, 2.45) is 0 Å². The normalized spacial score (nSPS) is 17.4. The van der Waals surface area contributed by atoms with Crippen molar-refractivity contribution in [1.82, 2.24) is 14.8 Å². The minimum absolute atomic E-state index is 0.245. The molecule has 0 saturated heterocycles. The molecule has 158 valence electrons. The number of allylic oxidation sites excluding steroid dienone is 1. The molecule has 1 atom stereocenters. The molecular weight excluding hydrogens is 418 g/mol. The Hall–Kier alpha value is -3.52. The summed E-state index contributed by atoms with van der Waals surface area (Å²) in [6.07, 6.45) is 2.28. The van der Waals surface area contributed by atoms with Crippen LogP contribution < -0.4 is 20.1 Å². The number of nitrogens with one attached hydrogen (secondary N) is 2. The van der Waals surface area contributed by atoms with E-state index in [1.54, 1.807) is 28.9 Å². The molecule has 2 aromatic carbocycles. The van der Waals surface area contributed by atoms with E-state index in [2.05, 4.69) is 20.7 Å². The summed E-state index contributed by atoms with van der Waals surface area (Å²) in [4.78, 5) is 17.6. The third kappa shape index (κ3) is 3.70. The number of hydrogen-bond donors (Lipinski definition) is 2. The minimum atomic E-state index is -0.483. The zero-order valence-electron chi connectivity index (χ0n) is 16.8. The second kappa shape index (κ2) is 7.96. The Bertz CT molecular complexity index is 1170. The van der Waals surface area contributed by atoms with E-state index in [1.165, 1.54) is 6.33 Å². The number of hydrogen-bond acceptors (Lipinski definition) is 6. The molecule has 1 amide bonds. The lowest BCUT2D eigenvalue weighted by Crippen LogP contribution is -2.31. The fraction of sp³-hybridized carbons (Fsp3) is 0.227. The average molecular weight is 438 g/mol. The van der Waals surface area contributed by atoms with Crippen LogP contribution in [0.4, 0.5) is 11.6 Å². The lowest BCUT2D eigenvalue weighted by atomic mass is 9.94. The number of carbonyl (C=O) groups excluding carboxylic acids is 1. The Labute approximate surface area is 183 Å². The van der Waals surface area contributed by atoms with Crippen LogP contribution in [0.2, 0.25) is 5.02 Å². The SMILES string of the molecule is CC1=C(C(=O)Nc2ccc(Cl)cc2)C(c2ccc3c(c2)OCCCO3)n2ncnc2N1. The van der Waals surface area contributed by atoms with Crippen LogP contribution in [-0.2, 0) is 4.79 Å². The van der Waals surface area contributed by atoms with Crippen LogP contribution >= 0.6 is 11.6 Å². The molecule has 0 saturated carbocycles. The number of fused-ring (bicyclic) bond motifs is 2. The fourth-order valence-electron chi connectivity index (χ4n) is 3.77. The van der Waals surface area contributed by atoms with Gasteiger partial charge >= 0.3 is 0 Å². The van der Waals surface area contributed by atoms with Gasteiger partial charge in [0.2, 0.25) is 5.95 Å². The molecule has 0 bridgehead atoms. The zero-order chi connectivity index (χ0) is 21.4. The molecule has 0 fully saturated rings. The second-order valence-corrected chi connectivity index (χ2v) is 7.75. The van der Waals surface area contributed by atoms with E-state index in [0.717, 1.165) is 12.0 Å². The molecule has 0 spiro atoms. The minimum Gasteiger partial charge on any atom is -0.490 e. The van der Waals surface area contributed by atoms with Crippen molar-refractivity contribution in [1.29, 1.82) is 0 Å². The van der Waals surface area contributed by atoms with Crippen LogP contribution in [0.15, 0.2) is 60.1 Å². The molecule has 3 aromatic rings. The lowest BCUT2D eigenvalue weighted by Gasteiger charge is -2.29. The van der Waals surface area contributed by atoms with Gasteiger partial charge in [0.15, 0.2) is 11.5 Å². The van der Waals surface area contributed by atoms with E-state index in [0.29, 0.717) is 52.6 Å². The largest absolute Gasteiger partial charge is 0.490 e. The Morgan fingerprint density at radius 3 is 2.74 bits per heavy atom. The molecule has 0 aliphatic carbocycles. The number of aromatic nitrogens is 3. The Balaban J connectivity index is 1.55. The first kappa shape index (κ1) is 19.4. The number of ether oxygens (including phenoxy) is 2. The van der Waals surface area contributed by atoms with E-state index < -0.39 is 6.04 Å². The highest BCUT2D eigenvalue weighted by Gasteiger charge is 2.34. The van der Waals surface area contributed by atoms with Crippen molar-refractivity contribution in [3.63, 3.8) is 0 Å². The van der Waals surface area contributed by atoms with Gasteiger partial charge in [0.25, 0.3) is 5.91 Å². The quantitative estimate of drug-likeness (QED) is 0.643. The van der Waals surface area contributed by atoms with Crippen molar-refractivity contribution in [3.05, 3.63) is 70.6 Å². The summed E-state index contributed by atoms with van der Waals surface area (Å²) in [6, 6.07) is 12.2. The first-order chi connectivity index (χ1) is 15.1. The molecule has 2 N–H and O–H groups in total. The number of benzene rings is 2. The van der Waals surface area contributed by atoms with Crippen LogP contribution in [0.1, 0.15) is 24.9 Å². The van der Waals surface area contributed by atoms with Gasteiger partial charge in [0, 0.05) is 22.8 Å². The van der Waals surface area contributed by atoms with Crippen molar-refractivity contribution in [2.75, 3.05) is 23.8 Å².